The van der Waals surface area contributed by atoms with E-state index in [0.29, 0.717) is 5.02 Å². The highest BCUT2D eigenvalue weighted by molar-refractivity contribution is 6.30. The predicted octanol–water partition coefficient (Wildman–Crippen LogP) is 0.964. The van der Waals surface area contributed by atoms with Gasteiger partial charge in [0.15, 0.2) is 11.2 Å². The Labute approximate surface area is 153 Å². The smallest absolute Gasteiger partial charge is 0.332 e. The molecule has 26 heavy (non-hydrogen) atoms. The van der Waals surface area contributed by atoms with E-state index in [4.69, 9.17) is 11.6 Å². The fourth-order valence-corrected chi connectivity index (χ4v) is 3.02. The summed E-state index contributed by atoms with van der Waals surface area (Å²) in [5.41, 5.74) is 0.372. The molecule has 0 saturated carbocycles. The SMILES string of the molecule is C[C@@H](NC(=O)Cn1cnc2c1c(=O)n(C)c(=O)n2C)c1cccc(Cl)c1. The van der Waals surface area contributed by atoms with Crippen LogP contribution in [0.2, 0.25) is 5.02 Å². The molecule has 3 rings (SSSR count). The Bertz CT molecular complexity index is 1110. The van der Waals surface area contributed by atoms with Gasteiger partial charge in [0.2, 0.25) is 5.91 Å². The lowest BCUT2D eigenvalue weighted by Gasteiger charge is -2.15. The van der Waals surface area contributed by atoms with Crippen molar-refractivity contribution in [1.82, 2.24) is 24.0 Å². The van der Waals surface area contributed by atoms with E-state index >= 15 is 0 Å². The molecule has 0 unspecified atom stereocenters. The fraction of sp³-hybridized carbons (Fsp3) is 0.294. The molecular formula is C17H18ClN5O3. The lowest BCUT2D eigenvalue weighted by molar-refractivity contribution is -0.122. The van der Waals surface area contributed by atoms with Crippen molar-refractivity contribution in [2.75, 3.05) is 0 Å². The van der Waals surface area contributed by atoms with E-state index in [2.05, 4.69) is 10.3 Å². The third-order valence-electron chi connectivity index (χ3n) is 4.26. The van der Waals surface area contributed by atoms with Crippen LogP contribution >= 0.6 is 11.6 Å². The molecule has 1 aromatic carbocycles. The van der Waals surface area contributed by atoms with Crippen molar-refractivity contribution < 1.29 is 4.79 Å². The van der Waals surface area contributed by atoms with Crippen LogP contribution in [0.5, 0.6) is 0 Å². The van der Waals surface area contributed by atoms with Gasteiger partial charge in [-0.25, -0.2) is 9.78 Å². The van der Waals surface area contributed by atoms with E-state index in [-0.39, 0.29) is 29.7 Å². The number of carbonyl (C=O) groups is 1. The molecule has 3 aromatic rings. The van der Waals surface area contributed by atoms with Gasteiger partial charge in [-0.05, 0) is 24.6 Å². The quantitative estimate of drug-likeness (QED) is 0.735. The first kappa shape index (κ1) is 17.9. The van der Waals surface area contributed by atoms with Crippen molar-refractivity contribution in [3.63, 3.8) is 0 Å². The maximum Gasteiger partial charge on any atom is 0.332 e. The van der Waals surface area contributed by atoms with Crippen molar-refractivity contribution in [2.45, 2.75) is 19.5 Å². The van der Waals surface area contributed by atoms with Crippen molar-refractivity contribution in [1.29, 1.82) is 0 Å². The number of rotatable bonds is 4. The Hall–Kier alpha value is -2.87. The molecule has 0 bridgehead atoms. The first-order chi connectivity index (χ1) is 12.3. The lowest BCUT2D eigenvalue weighted by atomic mass is 10.1. The average Bonchev–Trinajstić information content (AvgIpc) is 3.01. The zero-order chi connectivity index (χ0) is 19.0. The number of nitrogens with zero attached hydrogens (tertiary/aromatic N) is 4. The van der Waals surface area contributed by atoms with E-state index in [9.17, 15) is 14.4 Å². The lowest BCUT2D eigenvalue weighted by Crippen LogP contribution is -2.38. The molecular weight excluding hydrogens is 358 g/mol. The van der Waals surface area contributed by atoms with Crippen molar-refractivity contribution in [3.05, 3.63) is 62.0 Å². The summed E-state index contributed by atoms with van der Waals surface area (Å²) in [5.74, 6) is -0.285. The molecule has 0 spiro atoms. The molecule has 0 saturated heterocycles. The van der Waals surface area contributed by atoms with Crippen LogP contribution in [-0.4, -0.2) is 24.6 Å². The maximum atomic E-state index is 12.4. The predicted molar refractivity (Wildman–Crippen MR) is 98.2 cm³/mol. The minimum Gasteiger partial charge on any atom is -0.348 e. The van der Waals surface area contributed by atoms with Crippen molar-refractivity contribution in [3.8, 4) is 0 Å². The van der Waals surface area contributed by atoms with E-state index in [1.165, 1.54) is 29.6 Å². The number of aryl methyl sites for hydroxylation is 1. The minimum absolute atomic E-state index is 0.0884. The van der Waals surface area contributed by atoms with Gasteiger partial charge in [-0.15, -0.1) is 0 Å². The molecule has 0 radical (unpaired) electrons. The van der Waals surface area contributed by atoms with Crippen LogP contribution in [0.15, 0.2) is 40.2 Å². The van der Waals surface area contributed by atoms with Gasteiger partial charge in [0.05, 0.1) is 12.4 Å². The van der Waals surface area contributed by atoms with Crippen LogP contribution in [0.4, 0.5) is 0 Å². The largest absolute Gasteiger partial charge is 0.348 e. The van der Waals surface area contributed by atoms with Gasteiger partial charge in [-0.2, -0.15) is 0 Å². The van der Waals surface area contributed by atoms with Crippen LogP contribution in [0.3, 0.4) is 0 Å². The number of hydrogen-bond acceptors (Lipinski definition) is 4. The number of benzene rings is 1. The molecule has 2 aromatic heterocycles. The Balaban J connectivity index is 1.86. The topological polar surface area (TPSA) is 90.9 Å². The third-order valence-corrected chi connectivity index (χ3v) is 4.49. The monoisotopic (exact) mass is 375 g/mol. The summed E-state index contributed by atoms with van der Waals surface area (Å²) in [4.78, 5) is 40.8. The number of amides is 1. The Morgan fingerprint density at radius 1 is 1.27 bits per heavy atom. The summed E-state index contributed by atoms with van der Waals surface area (Å²) in [6.07, 6.45) is 1.38. The molecule has 136 valence electrons. The number of nitrogens with one attached hydrogen (secondary N) is 1. The Morgan fingerprint density at radius 3 is 2.69 bits per heavy atom. The highest BCUT2D eigenvalue weighted by atomic mass is 35.5. The first-order valence-corrected chi connectivity index (χ1v) is 8.33. The molecule has 9 heteroatoms. The Morgan fingerprint density at radius 2 is 2.00 bits per heavy atom. The van der Waals surface area contributed by atoms with E-state index in [0.717, 1.165) is 10.1 Å². The van der Waals surface area contributed by atoms with Crippen LogP contribution in [0.25, 0.3) is 11.2 Å². The molecule has 1 amide bonds. The van der Waals surface area contributed by atoms with E-state index in [1.54, 1.807) is 12.1 Å². The molecule has 1 atom stereocenters. The molecule has 8 nitrogen and oxygen atoms in total. The zero-order valence-corrected chi connectivity index (χ0v) is 15.3. The van der Waals surface area contributed by atoms with E-state index in [1.807, 2.05) is 19.1 Å². The number of hydrogen-bond donors (Lipinski definition) is 1. The first-order valence-electron chi connectivity index (χ1n) is 7.95. The summed E-state index contributed by atoms with van der Waals surface area (Å²) >= 11 is 5.98. The van der Waals surface area contributed by atoms with Crippen LogP contribution in [0.1, 0.15) is 18.5 Å². The van der Waals surface area contributed by atoms with Gasteiger partial charge in [-0.1, -0.05) is 23.7 Å². The number of carbonyl (C=O) groups excluding carboxylic acids is 1. The molecule has 2 heterocycles. The minimum atomic E-state index is -0.490. The third kappa shape index (κ3) is 3.15. The summed E-state index contributed by atoms with van der Waals surface area (Å²) in [5, 5.41) is 3.45. The second kappa shape index (κ2) is 6.80. The normalized spacial score (nSPS) is 12.3. The zero-order valence-electron chi connectivity index (χ0n) is 14.6. The molecule has 0 aliphatic carbocycles. The van der Waals surface area contributed by atoms with Crippen molar-refractivity contribution in [2.24, 2.45) is 14.1 Å². The van der Waals surface area contributed by atoms with Crippen LogP contribution in [-0.2, 0) is 25.4 Å². The average molecular weight is 376 g/mol. The van der Waals surface area contributed by atoms with E-state index < -0.39 is 11.2 Å². The number of imidazole rings is 1. The number of fused-ring (bicyclic) bond motifs is 1. The van der Waals surface area contributed by atoms with Crippen LogP contribution in [0, 0.1) is 0 Å². The second-order valence-corrected chi connectivity index (χ2v) is 6.53. The van der Waals surface area contributed by atoms with Gasteiger partial charge in [0.1, 0.15) is 6.54 Å². The molecule has 1 N–H and O–H groups in total. The second-order valence-electron chi connectivity index (χ2n) is 6.09. The van der Waals surface area contributed by atoms with Gasteiger partial charge < -0.3 is 9.88 Å². The van der Waals surface area contributed by atoms with Gasteiger partial charge in [0.25, 0.3) is 5.56 Å². The van der Waals surface area contributed by atoms with Gasteiger partial charge in [0, 0.05) is 19.1 Å². The maximum absolute atomic E-state index is 12.4. The standard InChI is InChI=1S/C17H18ClN5O3/c1-10(11-5-4-6-12(18)7-11)20-13(24)8-23-9-19-15-14(23)16(25)22(3)17(26)21(15)2/h4-7,9-10H,8H2,1-3H3,(H,20,24)/t10-/m1/s1. The highest BCUT2D eigenvalue weighted by Gasteiger charge is 2.17. The van der Waals surface area contributed by atoms with Crippen LogP contribution < -0.4 is 16.6 Å². The summed E-state index contributed by atoms with van der Waals surface area (Å²) in [7, 11) is 2.92. The summed E-state index contributed by atoms with van der Waals surface area (Å²) in [6, 6.07) is 6.98. The molecule has 0 aliphatic rings. The number of halogens is 1. The fourth-order valence-electron chi connectivity index (χ4n) is 2.82. The molecule has 0 aliphatic heterocycles. The van der Waals surface area contributed by atoms with Crippen molar-refractivity contribution >= 4 is 28.7 Å². The van der Waals surface area contributed by atoms with Gasteiger partial charge in [-0.3, -0.25) is 18.7 Å². The van der Waals surface area contributed by atoms with Gasteiger partial charge >= 0.3 is 5.69 Å². The summed E-state index contributed by atoms with van der Waals surface area (Å²) in [6.45, 7) is 1.76. The number of aromatic nitrogens is 4. The Kier molecular flexibility index (Phi) is 4.69. The summed E-state index contributed by atoms with van der Waals surface area (Å²) < 4.78 is 3.71. The molecule has 0 fully saturated rings. The highest BCUT2D eigenvalue weighted by Crippen LogP contribution is 2.17.